The molecule has 5 heteroatoms. The van der Waals surface area contributed by atoms with E-state index in [1.54, 1.807) is 0 Å². The Balaban J connectivity index is 2.43. The smallest absolute Gasteiger partial charge is 0.321 e. The number of hydrogen-bond donors (Lipinski definition) is 2. The van der Waals surface area contributed by atoms with E-state index in [0.717, 1.165) is 19.3 Å². The summed E-state index contributed by atoms with van der Waals surface area (Å²) in [4.78, 5) is 22.9. The van der Waals surface area contributed by atoms with Crippen molar-refractivity contribution in [1.82, 2.24) is 10.6 Å². The predicted octanol–water partition coefficient (Wildman–Crippen LogP) is 2.66. The molecule has 0 spiro atoms. The third kappa shape index (κ3) is 4.84. The number of imide groups is 1. The Kier molecular flexibility index (Phi) is 6.47. The highest BCUT2D eigenvalue weighted by molar-refractivity contribution is 6.19. The number of halogens is 1. The molecular formula is C13H23ClN2O2. The van der Waals surface area contributed by atoms with Gasteiger partial charge in [-0.3, -0.25) is 10.1 Å². The Morgan fingerprint density at radius 3 is 2.56 bits per heavy atom. The summed E-state index contributed by atoms with van der Waals surface area (Å²) < 4.78 is 0. The summed E-state index contributed by atoms with van der Waals surface area (Å²) in [6, 6.07) is -0.204. The maximum Gasteiger partial charge on any atom is 0.321 e. The zero-order valence-electron chi connectivity index (χ0n) is 11.2. The van der Waals surface area contributed by atoms with Crippen molar-refractivity contribution in [2.45, 2.75) is 52.0 Å². The van der Waals surface area contributed by atoms with Crippen molar-refractivity contribution < 1.29 is 9.59 Å². The second kappa shape index (κ2) is 7.62. The molecule has 104 valence electrons. The molecule has 0 aromatic heterocycles. The number of carbonyl (C=O) groups is 2. The van der Waals surface area contributed by atoms with Crippen LogP contribution in [0.5, 0.6) is 0 Å². The van der Waals surface area contributed by atoms with E-state index in [9.17, 15) is 9.59 Å². The first kappa shape index (κ1) is 15.3. The number of alkyl halides is 1. The zero-order chi connectivity index (χ0) is 13.5. The molecule has 1 saturated carbocycles. The molecule has 1 fully saturated rings. The molecule has 0 heterocycles. The van der Waals surface area contributed by atoms with E-state index in [2.05, 4.69) is 24.5 Å². The van der Waals surface area contributed by atoms with Gasteiger partial charge in [0.2, 0.25) is 5.91 Å². The van der Waals surface area contributed by atoms with Gasteiger partial charge in [0.1, 0.15) is 0 Å². The molecule has 0 radical (unpaired) electrons. The van der Waals surface area contributed by atoms with E-state index in [1.165, 1.54) is 6.42 Å². The van der Waals surface area contributed by atoms with Crippen molar-refractivity contribution in [3.8, 4) is 0 Å². The fourth-order valence-electron chi connectivity index (χ4n) is 2.62. The molecular weight excluding hydrogens is 252 g/mol. The topological polar surface area (TPSA) is 58.2 Å². The van der Waals surface area contributed by atoms with Gasteiger partial charge in [-0.05, 0) is 24.7 Å². The number of amides is 3. The second-order valence-electron chi connectivity index (χ2n) is 5.26. The van der Waals surface area contributed by atoms with Crippen LogP contribution in [-0.2, 0) is 4.79 Å². The van der Waals surface area contributed by atoms with E-state index in [4.69, 9.17) is 11.6 Å². The van der Waals surface area contributed by atoms with Gasteiger partial charge in [0.25, 0.3) is 0 Å². The minimum Gasteiger partial charge on any atom is -0.335 e. The molecule has 0 bridgehead atoms. The Bertz CT molecular complexity index is 295. The molecule has 2 atom stereocenters. The van der Waals surface area contributed by atoms with Gasteiger partial charge >= 0.3 is 6.03 Å². The van der Waals surface area contributed by atoms with Gasteiger partial charge in [-0.15, -0.1) is 11.6 Å². The third-order valence-electron chi connectivity index (χ3n) is 3.57. The zero-order valence-corrected chi connectivity index (χ0v) is 11.9. The van der Waals surface area contributed by atoms with Gasteiger partial charge < -0.3 is 5.32 Å². The van der Waals surface area contributed by atoms with Crippen LogP contribution in [0.25, 0.3) is 0 Å². The second-order valence-corrected chi connectivity index (χ2v) is 5.64. The number of rotatable bonds is 4. The lowest BCUT2D eigenvalue weighted by Crippen LogP contribution is -2.49. The van der Waals surface area contributed by atoms with Crippen LogP contribution in [0.3, 0.4) is 0 Å². The van der Waals surface area contributed by atoms with Crippen LogP contribution in [-0.4, -0.2) is 23.9 Å². The summed E-state index contributed by atoms with van der Waals surface area (Å²) in [5.41, 5.74) is 0. The number of nitrogens with one attached hydrogen (secondary N) is 2. The lowest BCUT2D eigenvalue weighted by molar-refractivity contribution is -0.119. The molecule has 0 saturated heterocycles. The Labute approximate surface area is 114 Å². The lowest BCUT2D eigenvalue weighted by Gasteiger charge is -2.34. The average molecular weight is 275 g/mol. The summed E-state index contributed by atoms with van der Waals surface area (Å²) >= 11 is 5.44. The Hall–Kier alpha value is -0.770. The van der Waals surface area contributed by atoms with E-state index in [1.807, 2.05) is 0 Å². The summed E-state index contributed by atoms with van der Waals surface area (Å²) in [5.74, 6) is 0.970. The van der Waals surface area contributed by atoms with Gasteiger partial charge in [-0.25, -0.2) is 4.79 Å². The number of urea groups is 1. The van der Waals surface area contributed by atoms with Gasteiger partial charge in [-0.2, -0.15) is 0 Å². The van der Waals surface area contributed by atoms with Crippen molar-refractivity contribution in [3.63, 3.8) is 0 Å². The van der Waals surface area contributed by atoms with Gasteiger partial charge in [0.15, 0.2) is 0 Å². The van der Waals surface area contributed by atoms with E-state index < -0.39 is 0 Å². The molecule has 2 unspecified atom stereocenters. The van der Waals surface area contributed by atoms with E-state index >= 15 is 0 Å². The summed E-state index contributed by atoms with van der Waals surface area (Å²) in [5, 5.41) is 5.24. The van der Waals surface area contributed by atoms with Gasteiger partial charge in [0.05, 0.1) is 0 Å². The van der Waals surface area contributed by atoms with Crippen LogP contribution in [0.15, 0.2) is 0 Å². The fourth-order valence-corrected chi connectivity index (χ4v) is 2.79. The number of hydrogen-bond acceptors (Lipinski definition) is 2. The van der Waals surface area contributed by atoms with E-state index in [0.29, 0.717) is 11.8 Å². The summed E-state index contributed by atoms with van der Waals surface area (Å²) in [6.07, 6.45) is 4.70. The van der Waals surface area contributed by atoms with Crippen molar-refractivity contribution in [1.29, 1.82) is 0 Å². The normalized spacial score (nSPS) is 23.8. The van der Waals surface area contributed by atoms with Crippen LogP contribution in [0.4, 0.5) is 4.79 Å². The largest absolute Gasteiger partial charge is 0.335 e. The Morgan fingerprint density at radius 2 is 1.94 bits per heavy atom. The predicted molar refractivity (Wildman–Crippen MR) is 72.6 cm³/mol. The fraction of sp³-hybridized carbons (Fsp3) is 0.846. The molecule has 0 aromatic rings. The average Bonchev–Trinajstić information content (AvgIpc) is 2.29. The highest BCUT2D eigenvalue weighted by atomic mass is 35.5. The molecule has 1 aliphatic rings. The van der Waals surface area contributed by atoms with Crippen LogP contribution >= 0.6 is 11.6 Å². The molecule has 1 aliphatic carbocycles. The maximum absolute atomic E-state index is 11.7. The van der Waals surface area contributed by atoms with Crippen molar-refractivity contribution >= 4 is 23.5 Å². The van der Waals surface area contributed by atoms with Gasteiger partial charge in [-0.1, -0.05) is 26.7 Å². The molecule has 18 heavy (non-hydrogen) atoms. The summed E-state index contributed by atoms with van der Waals surface area (Å²) in [7, 11) is 0. The van der Waals surface area contributed by atoms with Crippen molar-refractivity contribution in [3.05, 3.63) is 0 Å². The molecule has 4 nitrogen and oxygen atoms in total. The first-order valence-electron chi connectivity index (χ1n) is 6.71. The minimum absolute atomic E-state index is 0.174. The molecule has 3 amide bonds. The molecule has 0 aromatic carbocycles. The molecule has 0 aliphatic heterocycles. The lowest BCUT2D eigenvalue weighted by atomic mass is 9.78. The first-order valence-corrected chi connectivity index (χ1v) is 7.24. The summed E-state index contributed by atoms with van der Waals surface area (Å²) in [6.45, 7) is 4.36. The van der Waals surface area contributed by atoms with Gasteiger partial charge in [0, 0.05) is 18.3 Å². The maximum atomic E-state index is 11.7. The first-order chi connectivity index (χ1) is 8.54. The van der Waals surface area contributed by atoms with Crippen LogP contribution in [0.1, 0.15) is 46.0 Å². The van der Waals surface area contributed by atoms with Crippen molar-refractivity contribution in [2.75, 3.05) is 5.88 Å². The highest BCUT2D eigenvalue weighted by Crippen LogP contribution is 2.30. The quantitative estimate of drug-likeness (QED) is 0.775. The van der Waals surface area contributed by atoms with Crippen LogP contribution < -0.4 is 10.6 Å². The Morgan fingerprint density at radius 1 is 1.28 bits per heavy atom. The highest BCUT2D eigenvalue weighted by Gasteiger charge is 2.28. The minimum atomic E-state index is -0.386. The third-order valence-corrected chi connectivity index (χ3v) is 3.76. The standard InChI is InChI=1S/C13H23ClN2O2/c1-9(2)10-5-3-4-6-11(10)15-13(18)16-12(17)7-8-14/h9-11H,3-8H2,1-2H3,(H2,15,16,17,18). The molecule has 2 N–H and O–H groups in total. The van der Waals surface area contributed by atoms with E-state index in [-0.39, 0.29) is 30.3 Å². The van der Waals surface area contributed by atoms with Crippen LogP contribution in [0.2, 0.25) is 0 Å². The number of carbonyl (C=O) groups excluding carboxylic acids is 2. The monoisotopic (exact) mass is 274 g/mol. The van der Waals surface area contributed by atoms with Crippen molar-refractivity contribution in [2.24, 2.45) is 11.8 Å². The molecule has 1 rings (SSSR count). The SMILES string of the molecule is CC(C)C1CCCCC1NC(=O)NC(=O)CCCl. The van der Waals surface area contributed by atoms with Crippen LogP contribution in [0, 0.1) is 11.8 Å².